The van der Waals surface area contributed by atoms with E-state index in [1.807, 2.05) is 60.7 Å². The maximum absolute atomic E-state index is 12.4. The van der Waals surface area contributed by atoms with Gasteiger partial charge in [-0.3, -0.25) is 4.79 Å². The number of para-hydroxylation sites is 1. The largest absolute Gasteiger partial charge is 0.493 e. The van der Waals surface area contributed by atoms with Gasteiger partial charge in [-0.1, -0.05) is 35.5 Å². The zero-order valence-electron chi connectivity index (χ0n) is 18.2. The van der Waals surface area contributed by atoms with Crippen LogP contribution in [0.3, 0.4) is 0 Å². The third-order valence-electron chi connectivity index (χ3n) is 5.40. The molecule has 32 heavy (non-hydrogen) atoms. The molecule has 1 amide bonds. The smallest absolute Gasteiger partial charge is 0.251 e. The van der Waals surface area contributed by atoms with Gasteiger partial charge in [-0.15, -0.1) is 0 Å². The highest BCUT2D eigenvalue weighted by Crippen LogP contribution is 2.22. The van der Waals surface area contributed by atoms with E-state index in [1.54, 1.807) is 11.8 Å². The van der Waals surface area contributed by atoms with Gasteiger partial charge in [0, 0.05) is 36.0 Å². The fraction of sp³-hybridized carbons (Fsp3) is 0.360. The third-order valence-corrected chi connectivity index (χ3v) is 6.34. The molecule has 1 saturated heterocycles. The van der Waals surface area contributed by atoms with Crippen molar-refractivity contribution < 1.29 is 14.1 Å². The Kier molecular flexibility index (Phi) is 8.23. The highest BCUT2D eigenvalue weighted by Gasteiger charge is 2.12. The van der Waals surface area contributed by atoms with Gasteiger partial charge in [0.2, 0.25) is 0 Å². The molecule has 3 aromatic rings. The number of likely N-dealkylation sites (tertiary alicyclic amines) is 1. The summed E-state index contributed by atoms with van der Waals surface area (Å²) >= 11 is 1.74. The molecule has 6 nitrogen and oxygen atoms in total. The van der Waals surface area contributed by atoms with Crippen molar-refractivity contribution in [3.8, 4) is 17.0 Å². The van der Waals surface area contributed by atoms with E-state index in [2.05, 4.69) is 15.4 Å². The Hall–Kier alpha value is -2.77. The summed E-state index contributed by atoms with van der Waals surface area (Å²) in [7, 11) is 0. The number of thioether (sulfide) groups is 1. The number of benzene rings is 2. The highest BCUT2D eigenvalue weighted by atomic mass is 32.2. The Bertz CT molecular complexity index is 970. The number of nitrogens with zero attached hydrogens (tertiary/aromatic N) is 2. The monoisotopic (exact) mass is 451 g/mol. The normalized spacial score (nSPS) is 13.9. The number of hydrogen-bond donors (Lipinski definition) is 1. The van der Waals surface area contributed by atoms with Crippen molar-refractivity contribution in [3.05, 3.63) is 72.0 Å². The van der Waals surface area contributed by atoms with Crippen molar-refractivity contribution in [3.63, 3.8) is 0 Å². The number of aromatic nitrogens is 1. The van der Waals surface area contributed by atoms with E-state index in [-0.39, 0.29) is 5.91 Å². The summed E-state index contributed by atoms with van der Waals surface area (Å²) in [5.41, 5.74) is 2.38. The number of hydrogen-bond acceptors (Lipinski definition) is 6. The van der Waals surface area contributed by atoms with Crippen LogP contribution in [0.15, 0.2) is 65.2 Å². The van der Waals surface area contributed by atoms with Gasteiger partial charge >= 0.3 is 0 Å². The first-order chi connectivity index (χ1) is 15.8. The lowest BCUT2D eigenvalue weighted by Gasteiger charge is -2.14. The molecular formula is C25H29N3O3S. The van der Waals surface area contributed by atoms with Gasteiger partial charge in [-0.2, -0.15) is 11.8 Å². The lowest BCUT2D eigenvalue weighted by molar-refractivity contribution is 0.0950. The predicted molar refractivity (Wildman–Crippen MR) is 128 cm³/mol. The molecule has 0 aliphatic carbocycles. The Morgan fingerprint density at radius 1 is 1.09 bits per heavy atom. The van der Waals surface area contributed by atoms with Gasteiger partial charge in [-0.05, 0) is 50.2 Å². The molecule has 1 aliphatic rings. The third kappa shape index (κ3) is 6.61. The van der Waals surface area contributed by atoms with Crippen LogP contribution in [0.25, 0.3) is 11.3 Å². The summed E-state index contributed by atoms with van der Waals surface area (Å²) in [4.78, 5) is 14.7. The van der Waals surface area contributed by atoms with Gasteiger partial charge in [0.15, 0.2) is 0 Å². The van der Waals surface area contributed by atoms with E-state index in [4.69, 9.17) is 9.26 Å². The van der Waals surface area contributed by atoms with Crippen LogP contribution in [-0.4, -0.2) is 54.5 Å². The molecule has 7 heteroatoms. The number of carbonyl (C=O) groups is 1. The van der Waals surface area contributed by atoms with Gasteiger partial charge < -0.3 is 19.5 Å². The minimum absolute atomic E-state index is 0.0364. The predicted octanol–water partition coefficient (Wildman–Crippen LogP) is 4.48. The summed E-state index contributed by atoms with van der Waals surface area (Å²) < 4.78 is 11.2. The second-order valence-electron chi connectivity index (χ2n) is 7.77. The molecule has 0 bridgehead atoms. The number of amides is 1. The summed E-state index contributed by atoms with van der Waals surface area (Å²) in [6.07, 6.45) is 2.53. The van der Waals surface area contributed by atoms with Crippen molar-refractivity contribution in [2.45, 2.75) is 18.6 Å². The Labute approximate surface area is 193 Å². The van der Waals surface area contributed by atoms with Crippen LogP contribution in [0.4, 0.5) is 0 Å². The molecule has 2 aromatic carbocycles. The van der Waals surface area contributed by atoms with Crippen LogP contribution in [0.2, 0.25) is 0 Å². The Balaban J connectivity index is 1.19. The van der Waals surface area contributed by atoms with Crippen LogP contribution >= 0.6 is 11.8 Å². The molecule has 0 atom stereocenters. The van der Waals surface area contributed by atoms with Crippen molar-refractivity contribution in [2.24, 2.45) is 0 Å². The minimum atomic E-state index is -0.0364. The fourth-order valence-electron chi connectivity index (χ4n) is 3.65. The van der Waals surface area contributed by atoms with Gasteiger partial charge in [0.25, 0.3) is 5.91 Å². The minimum Gasteiger partial charge on any atom is -0.493 e. The van der Waals surface area contributed by atoms with Gasteiger partial charge in [0.1, 0.15) is 17.2 Å². The van der Waals surface area contributed by atoms with Crippen molar-refractivity contribution in [1.29, 1.82) is 0 Å². The SMILES string of the molecule is O=C(NCCN1CCCC1)c1ccc(-c2cc(CSCCOc3ccccc3)on2)cc1. The van der Waals surface area contributed by atoms with Crippen LogP contribution in [-0.2, 0) is 5.75 Å². The van der Waals surface area contributed by atoms with Gasteiger partial charge in [0.05, 0.1) is 12.4 Å². The number of rotatable bonds is 11. The van der Waals surface area contributed by atoms with Crippen molar-refractivity contribution >= 4 is 17.7 Å². The first kappa shape index (κ1) is 22.4. The zero-order valence-corrected chi connectivity index (χ0v) is 19.0. The molecule has 4 rings (SSSR count). The fourth-order valence-corrected chi connectivity index (χ4v) is 4.34. The summed E-state index contributed by atoms with van der Waals surface area (Å²) in [6.45, 7) is 4.54. The molecule has 1 aromatic heterocycles. The van der Waals surface area contributed by atoms with Gasteiger partial charge in [-0.25, -0.2) is 0 Å². The molecule has 1 N–H and O–H groups in total. The molecule has 0 saturated carbocycles. The van der Waals surface area contributed by atoms with E-state index >= 15 is 0 Å². The molecule has 1 fully saturated rings. The maximum atomic E-state index is 12.4. The molecule has 168 valence electrons. The second-order valence-corrected chi connectivity index (χ2v) is 8.88. The molecule has 0 radical (unpaired) electrons. The molecule has 0 unspecified atom stereocenters. The summed E-state index contributed by atoms with van der Waals surface area (Å²) in [5, 5.41) is 7.18. The molecule has 1 aliphatic heterocycles. The Morgan fingerprint density at radius 2 is 1.88 bits per heavy atom. The quantitative estimate of drug-likeness (QED) is 0.434. The number of ether oxygens (including phenoxy) is 1. The lowest BCUT2D eigenvalue weighted by Crippen LogP contribution is -2.33. The van der Waals surface area contributed by atoms with E-state index < -0.39 is 0 Å². The first-order valence-corrected chi connectivity index (χ1v) is 12.3. The average molecular weight is 452 g/mol. The molecule has 2 heterocycles. The maximum Gasteiger partial charge on any atom is 0.251 e. The van der Waals surface area contributed by atoms with E-state index in [1.165, 1.54) is 12.8 Å². The van der Waals surface area contributed by atoms with Crippen LogP contribution in [0.1, 0.15) is 29.0 Å². The average Bonchev–Trinajstić information content (AvgIpc) is 3.52. The molecule has 0 spiro atoms. The number of carbonyl (C=O) groups excluding carboxylic acids is 1. The van der Waals surface area contributed by atoms with E-state index in [0.29, 0.717) is 18.7 Å². The number of nitrogens with one attached hydrogen (secondary N) is 1. The zero-order chi connectivity index (χ0) is 22.0. The van der Waals surface area contributed by atoms with E-state index in [0.717, 1.165) is 53.9 Å². The summed E-state index contributed by atoms with van der Waals surface area (Å²) in [5.74, 6) is 3.28. The van der Waals surface area contributed by atoms with Crippen LogP contribution < -0.4 is 10.1 Å². The second kappa shape index (κ2) is 11.7. The lowest BCUT2D eigenvalue weighted by atomic mass is 10.1. The molecular weight excluding hydrogens is 422 g/mol. The van der Waals surface area contributed by atoms with Crippen LogP contribution in [0.5, 0.6) is 5.75 Å². The highest BCUT2D eigenvalue weighted by molar-refractivity contribution is 7.98. The summed E-state index contributed by atoms with van der Waals surface area (Å²) in [6, 6.07) is 19.3. The topological polar surface area (TPSA) is 67.6 Å². The first-order valence-electron chi connectivity index (χ1n) is 11.1. The van der Waals surface area contributed by atoms with Crippen LogP contribution in [0, 0.1) is 0 Å². The van der Waals surface area contributed by atoms with Crippen molar-refractivity contribution in [1.82, 2.24) is 15.4 Å². The standard InChI is InChI=1S/C25H29N3O3S/c29-25(26-12-15-28-13-4-5-14-28)21-10-8-20(9-11-21)24-18-23(31-27-24)19-32-17-16-30-22-6-2-1-3-7-22/h1-3,6-11,18H,4-5,12-17,19H2,(H,26,29). The Morgan fingerprint density at radius 3 is 2.66 bits per heavy atom. The van der Waals surface area contributed by atoms with E-state index in [9.17, 15) is 4.79 Å². The van der Waals surface area contributed by atoms with Crippen molar-refractivity contribution in [2.75, 3.05) is 38.5 Å².